The number of carbonyl (C=O) groups excluding carboxylic acids is 1. The Morgan fingerprint density at radius 1 is 1.07 bits per heavy atom. The van der Waals surface area contributed by atoms with Gasteiger partial charge in [-0.3, -0.25) is 9.52 Å². The second-order valence-electron chi connectivity index (χ2n) is 6.46. The first-order chi connectivity index (χ1) is 12.8. The monoisotopic (exact) mass is 390 g/mol. The number of hydrogen-bond acceptors (Lipinski definition) is 7. The van der Waals surface area contributed by atoms with Crippen LogP contribution in [0, 0.1) is 0 Å². The second-order valence-corrected chi connectivity index (χ2v) is 8.21. The van der Waals surface area contributed by atoms with Gasteiger partial charge in [0.2, 0.25) is 10.0 Å². The van der Waals surface area contributed by atoms with E-state index in [0.29, 0.717) is 11.4 Å². The Morgan fingerprint density at radius 3 is 2.48 bits per heavy atom. The lowest BCUT2D eigenvalue weighted by atomic mass is 10.2. The maximum Gasteiger partial charge on any atom is 0.274 e. The molecular formula is C17H22N6O3S. The van der Waals surface area contributed by atoms with Gasteiger partial charge in [-0.1, -0.05) is 6.07 Å². The van der Waals surface area contributed by atoms with Gasteiger partial charge < -0.3 is 15.1 Å². The van der Waals surface area contributed by atoms with Gasteiger partial charge in [0.05, 0.1) is 11.9 Å². The van der Waals surface area contributed by atoms with Crippen molar-refractivity contribution in [2.24, 2.45) is 0 Å². The van der Waals surface area contributed by atoms with Crippen molar-refractivity contribution >= 4 is 33.1 Å². The van der Waals surface area contributed by atoms with Gasteiger partial charge in [-0.05, 0) is 25.2 Å². The fourth-order valence-corrected chi connectivity index (χ4v) is 3.30. The molecule has 27 heavy (non-hydrogen) atoms. The molecular weight excluding hydrogens is 368 g/mol. The summed E-state index contributed by atoms with van der Waals surface area (Å²) in [6, 6.07) is 8.14. The van der Waals surface area contributed by atoms with Crippen LogP contribution in [-0.2, 0) is 10.0 Å². The van der Waals surface area contributed by atoms with Crippen molar-refractivity contribution in [3.8, 4) is 0 Å². The summed E-state index contributed by atoms with van der Waals surface area (Å²) in [4.78, 5) is 25.2. The summed E-state index contributed by atoms with van der Waals surface area (Å²) in [5.41, 5.74) is 1.09. The minimum atomic E-state index is -3.39. The molecule has 1 amide bonds. The molecule has 0 bridgehead atoms. The minimum absolute atomic E-state index is 0.250. The highest BCUT2D eigenvalue weighted by Crippen LogP contribution is 2.18. The first-order valence-electron chi connectivity index (χ1n) is 8.45. The molecule has 10 heteroatoms. The molecule has 1 fully saturated rings. The molecule has 1 aromatic heterocycles. The van der Waals surface area contributed by atoms with E-state index in [9.17, 15) is 13.2 Å². The first-order valence-corrected chi connectivity index (χ1v) is 10.3. The highest BCUT2D eigenvalue weighted by atomic mass is 32.2. The Labute approximate surface area is 158 Å². The van der Waals surface area contributed by atoms with Crippen LogP contribution in [0.25, 0.3) is 0 Å². The smallest absolute Gasteiger partial charge is 0.274 e. The van der Waals surface area contributed by atoms with E-state index in [1.807, 2.05) is 0 Å². The second kappa shape index (κ2) is 7.89. The molecule has 0 spiro atoms. The maximum absolute atomic E-state index is 12.5. The number of piperazine rings is 1. The van der Waals surface area contributed by atoms with Crippen LogP contribution < -0.4 is 14.9 Å². The molecule has 1 aromatic carbocycles. The van der Waals surface area contributed by atoms with Crippen molar-refractivity contribution in [2.75, 3.05) is 54.4 Å². The molecule has 9 nitrogen and oxygen atoms in total. The van der Waals surface area contributed by atoms with Crippen molar-refractivity contribution in [1.29, 1.82) is 0 Å². The predicted molar refractivity (Wildman–Crippen MR) is 105 cm³/mol. The van der Waals surface area contributed by atoms with Crippen molar-refractivity contribution < 1.29 is 13.2 Å². The van der Waals surface area contributed by atoms with Gasteiger partial charge in [0.25, 0.3) is 5.91 Å². The SMILES string of the molecule is CN1CCN(c2cc(C(=O)Nc3cccc(NS(C)(=O)=O)c3)ncn2)CC1. The normalized spacial score (nSPS) is 15.4. The van der Waals surface area contributed by atoms with Gasteiger partial charge in [0.1, 0.15) is 17.8 Å². The van der Waals surface area contributed by atoms with E-state index in [-0.39, 0.29) is 11.6 Å². The third kappa shape index (κ3) is 5.38. The van der Waals surface area contributed by atoms with Crippen molar-refractivity contribution in [3.05, 3.63) is 42.4 Å². The predicted octanol–water partition coefficient (Wildman–Crippen LogP) is 0.852. The summed E-state index contributed by atoms with van der Waals surface area (Å²) in [7, 11) is -1.32. The molecule has 0 radical (unpaired) electrons. The molecule has 1 saturated heterocycles. The van der Waals surface area contributed by atoms with Gasteiger partial charge in [0.15, 0.2) is 0 Å². The Balaban J connectivity index is 1.71. The summed E-state index contributed by atoms with van der Waals surface area (Å²) in [5, 5.41) is 2.73. The van der Waals surface area contributed by atoms with Gasteiger partial charge >= 0.3 is 0 Å². The largest absolute Gasteiger partial charge is 0.354 e. The number of carbonyl (C=O) groups is 1. The fourth-order valence-electron chi connectivity index (χ4n) is 2.75. The maximum atomic E-state index is 12.5. The third-order valence-corrected chi connectivity index (χ3v) is 4.74. The van der Waals surface area contributed by atoms with Crippen molar-refractivity contribution in [1.82, 2.24) is 14.9 Å². The van der Waals surface area contributed by atoms with Crippen molar-refractivity contribution in [2.45, 2.75) is 0 Å². The Hall–Kier alpha value is -2.72. The number of amides is 1. The lowest BCUT2D eigenvalue weighted by Gasteiger charge is -2.33. The Bertz CT molecular complexity index is 926. The highest BCUT2D eigenvalue weighted by Gasteiger charge is 2.17. The number of likely N-dealkylation sites (N-methyl/N-ethyl adjacent to an activating group) is 1. The molecule has 1 aliphatic heterocycles. The van der Waals surface area contributed by atoms with E-state index < -0.39 is 10.0 Å². The summed E-state index contributed by atoms with van der Waals surface area (Å²) in [6.07, 6.45) is 2.45. The zero-order chi connectivity index (χ0) is 19.4. The number of sulfonamides is 1. The molecule has 1 aliphatic rings. The van der Waals surface area contributed by atoms with Crippen LogP contribution in [0.15, 0.2) is 36.7 Å². The number of nitrogens with one attached hydrogen (secondary N) is 2. The molecule has 0 aliphatic carbocycles. The number of rotatable bonds is 5. The van der Waals surface area contributed by atoms with E-state index in [2.05, 4.69) is 36.9 Å². The van der Waals surface area contributed by atoms with Crippen LogP contribution in [0.4, 0.5) is 17.2 Å². The number of benzene rings is 1. The minimum Gasteiger partial charge on any atom is -0.354 e. The molecule has 0 saturated carbocycles. The van der Waals surface area contributed by atoms with Gasteiger partial charge in [-0.25, -0.2) is 18.4 Å². The number of hydrogen-bond donors (Lipinski definition) is 2. The summed E-state index contributed by atoms with van der Waals surface area (Å²) >= 11 is 0. The zero-order valence-electron chi connectivity index (χ0n) is 15.2. The fraction of sp³-hybridized carbons (Fsp3) is 0.353. The van der Waals surface area contributed by atoms with E-state index in [4.69, 9.17) is 0 Å². The Morgan fingerprint density at radius 2 is 1.78 bits per heavy atom. The van der Waals surface area contributed by atoms with E-state index in [1.165, 1.54) is 6.33 Å². The van der Waals surface area contributed by atoms with Crippen LogP contribution in [0.2, 0.25) is 0 Å². The van der Waals surface area contributed by atoms with Crippen LogP contribution >= 0.6 is 0 Å². The average molecular weight is 390 g/mol. The van der Waals surface area contributed by atoms with Gasteiger partial charge in [-0.15, -0.1) is 0 Å². The van der Waals surface area contributed by atoms with Crippen molar-refractivity contribution in [3.63, 3.8) is 0 Å². The molecule has 2 heterocycles. The highest BCUT2D eigenvalue weighted by molar-refractivity contribution is 7.92. The van der Waals surface area contributed by atoms with E-state index in [0.717, 1.165) is 38.3 Å². The molecule has 0 atom stereocenters. The summed E-state index contributed by atoms with van der Waals surface area (Å²) in [5.74, 6) is 0.333. The van der Waals surface area contributed by atoms with Gasteiger partial charge in [0, 0.05) is 37.9 Å². The van der Waals surface area contributed by atoms with Crippen LogP contribution in [0.3, 0.4) is 0 Å². The molecule has 2 N–H and O–H groups in total. The van der Waals surface area contributed by atoms with Gasteiger partial charge in [-0.2, -0.15) is 0 Å². The quantitative estimate of drug-likeness (QED) is 0.779. The van der Waals surface area contributed by atoms with E-state index >= 15 is 0 Å². The zero-order valence-corrected chi connectivity index (χ0v) is 16.0. The first kappa shape index (κ1) is 19.1. The molecule has 0 unspecified atom stereocenters. The number of aromatic nitrogens is 2. The van der Waals surface area contributed by atoms with Crippen LogP contribution in [-0.4, -0.2) is 68.7 Å². The van der Waals surface area contributed by atoms with E-state index in [1.54, 1.807) is 30.3 Å². The summed E-state index contributed by atoms with van der Waals surface area (Å²) in [6.45, 7) is 3.55. The van der Waals surface area contributed by atoms with Crippen LogP contribution in [0.1, 0.15) is 10.5 Å². The lowest BCUT2D eigenvalue weighted by molar-refractivity contribution is 0.102. The topological polar surface area (TPSA) is 108 Å². The molecule has 144 valence electrons. The lowest BCUT2D eigenvalue weighted by Crippen LogP contribution is -2.44. The Kier molecular flexibility index (Phi) is 5.57. The number of anilines is 3. The third-order valence-electron chi connectivity index (χ3n) is 4.14. The molecule has 2 aromatic rings. The summed E-state index contributed by atoms with van der Waals surface area (Å²) < 4.78 is 25.1. The standard InChI is InChI=1S/C17H22N6O3S/c1-22-6-8-23(9-7-22)16-11-15(18-12-19-16)17(24)20-13-4-3-5-14(10-13)21-27(2,25)26/h3-5,10-12,21H,6-9H2,1-2H3,(H,20,24). The number of nitrogens with zero attached hydrogens (tertiary/aromatic N) is 4. The van der Waals surface area contributed by atoms with Crippen LogP contribution in [0.5, 0.6) is 0 Å². The average Bonchev–Trinajstić information content (AvgIpc) is 2.61. The molecule has 3 rings (SSSR count).